The standard InChI is InChI=1S/C21H29N5O2S2/c1-12(18(27)26-9-8-22-19(26)28)29-20-24-23-17(25(20)5)16-11-13-10-14(21(2,3)4)6-7-15(13)30-16/h11-12,14H,6-10H2,1-5H3,(H,22,28)/t12-,14+/m1/s1. The van der Waals surface area contributed by atoms with Crippen LogP contribution in [-0.4, -0.2) is 49.9 Å². The first-order valence-electron chi connectivity index (χ1n) is 10.4. The van der Waals surface area contributed by atoms with Crippen LogP contribution in [0, 0.1) is 11.3 Å². The number of hydrogen-bond acceptors (Lipinski definition) is 6. The fourth-order valence-corrected chi connectivity index (χ4v) is 6.22. The van der Waals surface area contributed by atoms with E-state index in [1.807, 2.05) is 29.9 Å². The average Bonchev–Trinajstić information content (AvgIpc) is 3.38. The van der Waals surface area contributed by atoms with Gasteiger partial charge in [0, 0.05) is 25.0 Å². The molecule has 2 aromatic heterocycles. The number of thioether (sulfide) groups is 1. The van der Waals surface area contributed by atoms with Crippen LogP contribution in [-0.2, 0) is 24.7 Å². The first-order valence-corrected chi connectivity index (χ1v) is 12.1. The Bertz CT molecular complexity index is 975. The number of aryl methyl sites for hydroxylation is 1. The summed E-state index contributed by atoms with van der Waals surface area (Å²) in [5, 5.41) is 11.7. The third-order valence-electron chi connectivity index (χ3n) is 6.12. The van der Waals surface area contributed by atoms with E-state index in [9.17, 15) is 9.59 Å². The van der Waals surface area contributed by atoms with Crippen LogP contribution in [0.25, 0.3) is 10.7 Å². The van der Waals surface area contributed by atoms with E-state index in [2.05, 4.69) is 42.4 Å². The molecular weight excluding hydrogens is 418 g/mol. The fraction of sp³-hybridized carbons (Fsp3) is 0.619. The van der Waals surface area contributed by atoms with E-state index in [0.29, 0.717) is 29.6 Å². The lowest BCUT2D eigenvalue weighted by atomic mass is 9.72. The van der Waals surface area contributed by atoms with Gasteiger partial charge in [-0.2, -0.15) is 0 Å². The topological polar surface area (TPSA) is 80.1 Å². The summed E-state index contributed by atoms with van der Waals surface area (Å²) in [5.41, 5.74) is 1.77. The zero-order chi connectivity index (χ0) is 21.6. The van der Waals surface area contributed by atoms with Crippen LogP contribution < -0.4 is 5.32 Å². The van der Waals surface area contributed by atoms with E-state index < -0.39 is 5.25 Å². The summed E-state index contributed by atoms with van der Waals surface area (Å²) in [5.74, 6) is 1.34. The molecule has 7 nitrogen and oxygen atoms in total. The molecule has 9 heteroatoms. The number of hydrogen-bond donors (Lipinski definition) is 1. The molecule has 2 atom stereocenters. The Morgan fingerprint density at radius 2 is 2.13 bits per heavy atom. The molecule has 162 valence electrons. The van der Waals surface area contributed by atoms with Gasteiger partial charge in [0.1, 0.15) is 0 Å². The minimum absolute atomic E-state index is 0.195. The molecule has 1 aliphatic carbocycles. The highest BCUT2D eigenvalue weighted by atomic mass is 32.2. The summed E-state index contributed by atoms with van der Waals surface area (Å²) in [6.07, 6.45) is 3.49. The van der Waals surface area contributed by atoms with Crippen LogP contribution in [0.3, 0.4) is 0 Å². The minimum Gasteiger partial charge on any atom is -0.336 e. The predicted octanol–water partition coefficient (Wildman–Crippen LogP) is 3.73. The van der Waals surface area contributed by atoms with Crippen molar-refractivity contribution in [2.24, 2.45) is 18.4 Å². The molecule has 3 amide bonds. The normalized spacial score (nSPS) is 20.2. The number of fused-ring (bicyclic) bond motifs is 1. The maximum Gasteiger partial charge on any atom is 0.324 e. The molecule has 0 saturated carbocycles. The molecule has 0 radical (unpaired) electrons. The molecule has 1 saturated heterocycles. The van der Waals surface area contributed by atoms with Gasteiger partial charge >= 0.3 is 6.03 Å². The number of carbonyl (C=O) groups is 2. The molecular formula is C21H29N5O2S2. The van der Waals surface area contributed by atoms with Gasteiger partial charge in [0.15, 0.2) is 11.0 Å². The summed E-state index contributed by atoms with van der Waals surface area (Å²) in [4.78, 5) is 28.2. The second-order valence-electron chi connectivity index (χ2n) is 9.21. The molecule has 2 aliphatic rings. The van der Waals surface area contributed by atoms with Crippen molar-refractivity contribution in [3.05, 3.63) is 16.5 Å². The number of urea groups is 1. The maximum absolute atomic E-state index is 12.6. The maximum atomic E-state index is 12.6. The summed E-state index contributed by atoms with van der Waals surface area (Å²) in [6, 6.07) is 1.96. The summed E-state index contributed by atoms with van der Waals surface area (Å²) in [7, 11) is 1.94. The van der Waals surface area contributed by atoms with Crippen LogP contribution in [0.1, 0.15) is 44.6 Å². The summed E-state index contributed by atoms with van der Waals surface area (Å²) in [6.45, 7) is 9.73. The molecule has 0 unspecified atom stereocenters. The van der Waals surface area contributed by atoms with Gasteiger partial charge in [0.25, 0.3) is 0 Å². The Morgan fingerprint density at radius 3 is 2.80 bits per heavy atom. The lowest BCUT2D eigenvalue weighted by molar-refractivity contribution is -0.126. The predicted molar refractivity (Wildman–Crippen MR) is 120 cm³/mol. The highest BCUT2D eigenvalue weighted by molar-refractivity contribution is 8.00. The van der Waals surface area contributed by atoms with E-state index in [-0.39, 0.29) is 11.9 Å². The van der Waals surface area contributed by atoms with Gasteiger partial charge in [0.2, 0.25) is 5.91 Å². The lowest BCUT2D eigenvalue weighted by Crippen LogP contribution is -2.39. The number of thiophene rings is 1. The zero-order valence-corrected chi connectivity index (χ0v) is 19.8. The van der Waals surface area contributed by atoms with Crippen LogP contribution >= 0.6 is 23.1 Å². The number of carbonyl (C=O) groups excluding carboxylic acids is 2. The Morgan fingerprint density at radius 1 is 1.37 bits per heavy atom. The van der Waals surface area contributed by atoms with Gasteiger partial charge in [-0.3, -0.25) is 9.69 Å². The molecule has 1 aliphatic heterocycles. The zero-order valence-electron chi connectivity index (χ0n) is 18.2. The first kappa shape index (κ1) is 21.4. The van der Waals surface area contributed by atoms with Crippen LogP contribution in [0.2, 0.25) is 0 Å². The fourth-order valence-electron chi connectivity index (χ4n) is 4.12. The summed E-state index contributed by atoms with van der Waals surface area (Å²) >= 11 is 3.16. The molecule has 0 spiro atoms. The number of amides is 3. The van der Waals surface area contributed by atoms with Gasteiger partial charge in [0.05, 0.1) is 10.1 Å². The van der Waals surface area contributed by atoms with Crippen molar-refractivity contribution in [3.63, 3.8) is 0 Å². The van der Waals surface area contributed by atoms with E-state index in [1.54, 1.807) is 0 Å². The van der Waals surface area contributed by atoms with Crippen LogP contribution in [0.5, 0.6) is 0 Å². The number of rotatable bonds is 4. The van der Waals surface area contributed by atoms with E-state index in [0.717, 1.165) is 23.5 Å². The molecule has 2 aromatic rings. The second kappa shape index (κ2) is 8.00. The molecule has 0 bridgehead atoms. The lowest BCUT2D eigenvalue weighted by Gasteiger charge is -2.33. The Hall–Kier alpha value is -1.87. The Labute approximate surface area is 185 Å². The van der Waals surface area contributed by atoms with E-state index in [1.165, 1.54) is 33.5 Å². The van der Waals surface area contributed by atoms with Gasteiger partial charge in [-0.15, -0.1) is 21.5 Å². The molecule has 3 heterocycles. The Balaban J connectivity index is 1.50. The average molecular weight is 448 g/mol. The van der Waals surface area contributed by atoms with Gasteiger partial charge in [-0.05, 0) is 49.1 Å². The minimum atomic E-state index is -0.409. The van der Waals surface area contributed by atoms with Gasteiger partial charge < -0.3 is 9.88 Å². The van der Waals surface area contributed by atoms with Crippen molar-refractivity contribution < 1.29 is 9.59 Å². The highest BCUT2D eigenvalue weighted by Crippen LogP contribution is 2.42. The van der Waals surface area contributed by atoms with E-state index in [4.69, 9.17) is 0 Å². The first-order chi connectivity index (χ1) is 14.1. The van der Waals surface area contributed by atoms with Crippen molar-refractivity contribution in [3.8, 4) is 10.7 Å². The third-order valence-corrected chi connectivity index (χ3v) is 8.47. The number of nitrogens with one attached hydrogen (secondary N) is 1. The molecule has 30 heavy (non-hydrogen) atoms. The van der Waals surface area contributed by atoms with Crippen molar-refractivity contribution >= 4 is 35.0 Å². The van der Waals surface area contributed by atoms with Gasteiger partial charge in [-0.25, -0.2) is 4.79 Å². The van der Waals surface area contributed by atoms with E-state index >= 15 is 0 Å². The SMILES string of the molecule is C[C@@H](Sc1nnc(-c2cc3c(s2)CC[C@H](C(C)(C)C)C3)n1C)C(=O)N1CCNC1=O. The second-order valence-corrected chi connectivity index (χ2v) is 11.7. The smallest absolute Gasteiger partial charge is 0.324 e. The van der Waals surface area contributed by atoms with Crippen molar-refractivity contribution in [1.82, 2.24) is 25.0 Å². The summed E-state index contributed by atoms with van der Waals surface area (Å²) < 4.78 is 1.96. The Kier molecular flexibility index (Phi) is 5.69. The molecule has 1 N–H and O–H groups in total. The van der Waals surface area contributed by atoms with Crippen LogP contribution in [0.4, 0.5) is 4.79 Å². The highest BCUT2D eigenvalue weighted by Gasteiger charge is 2.32. The number of imide groups is 1. The quantitative estimate of drug-likeness (QED) is 0.723. The third kappa shape index (κ3) is 4.01. The molecule has 4 rings (SSSR count). The van der Waals surface area contributed by atoms with Crippen LogP contribution in [0.15, 0.2) is 11.2 Å². The van der Waals surface area contributed by atoms with Gasteiger partial charge in [-0.1, -0.05) is 32.5 Å². The molecule has 0 aromatic carbocycles. The monoisotopic (exact) mass is 447 g/mol. The number of aromatic nitrogens is 3. The number of nitrogens with zero attached hydrogens (tertiary/aromatic N) is 4. The largest absolute Gasteiger partial charge is 0.336 e. The van der Waals surface area contributed by atoms with Crippen molar-refractivity contribution in [1.29, 1.82) is 0 Å². The van der Waals surface area contributed by atoms with Crippen molar-refractivity contribution in [2.75, 3.05) is 13.1 Å². The van der Waals surface area contributed by atoms with Crippen molar-refractivity contribution in [2.45, 2.75) is 57.4 Å². The molecule has 1 fully saturated rings.